The first-order valence-electron chi connectivity index (χ1n) is 5.89. The Balaban J connectivity index is 2.86. The van der Waals surface area contributed by atoms with E-state index in [0.29, 0.717) is 10.8 Å². The van der Waals surface area contributed by atoms with Gasteiger partial charge in [-0.25, -0.2) is 0 Å². The van der Waals surface area contributed by atoms with Crippen molar-refractivity contribution in [3.63, 3.8) is 0 Å². The van der Waals surface area contributed by atoms with Crippen molar-refractivity contribution < 1.29 is 4.74 Å². The Morgan fingerprint density at radius 1 is 1.33 bits per heavy atom. The second-order valence-electron chi connectivity index (χ2n) is 5.26. The number of aryl methyl sites for hydroxylation is 2. The lowest BCUT2D eigenvalue weighted by molar-refractivity contribution is 0.415. The Hall–Kier alpha value is -1.19. The van der Waals surface area contributed by atoms with Gasteiger partial charge >= 0.3 is 0 Å². The van der Waals surface area contributed by atoms with E-state index in [0.717, 1.165) is 16.6 Å². The second-order valence-corrected chi connectivity index (χ2v) is 5.67. The Labute approximate surface area is 112 Å². The lowest BCUT2D eigenvalue weighted by Gasteiger charge is -2.21. The van der Waals surface area contributed by atoms with Gasteiger partial charge < -0.3 is 15.0 Å². The lowest BCUT2D eigenvalue weighted by atomic mass is 9.98. The van der Waals surface area contributed by atoms with Gasteiger partial charge in [-0.1, -0.05) is 11.6 Å². The van der Waals surface area contributed by atoms with Crippen LogP contribution >= 0.6 is 11.6 Å². The molecule has 0 atom stereocenters. The molecule has 0 fully saturated rings. The highest BCUT2D eigenvalue weighted by atomic mass is 35.5. The zero-order chi connectivity index (χ0) is 13.7. The molecule has 0 radical (unpaired) electrons. The van der Waals surface area contributed by atoms with Crippen molar-refractivity contribution in [2.45, 2.75) is 26.3 Å². The maximum Gasteiger partial charge on any atom is 0.138 e. The monoisotopic (exact) mass is 266 g/mol. The maximum atomic E-state index is 6.25. The molecule has 0 spiro atoms. The van der Waals surface area contributed by atoms with Gasteiger partial charge in [0.15, 0.2) is 0 Å². The third-order valence-electron chi connectivity index (χ3n) is 3.34. The van der Waals surface area contributed by atoms with Gasteiger partial charge in [-0.15, -0.1) is 0 Å². The fourth-order valence-corrected chi connectivity index (χ4v) is 2.93. The Kier molecular flexibility index (Phi) is 3.07. The minimum Gasteiger partial charge on any atom is -0.495 e. The van der Waals surface area contributed by atoms with Crippen molar-refractivity contribution in [2.24, 2.45) is 12.8 Å². The van der Waals surface area contributed by atoms with Crippen LogP contribution in [-0.4, -0.2) is 11.7 Å². The van der Waals surface area contributed by atoms with Gasteiger partial charge in [0.05, 0.1) is 23.2 Å². The first-order chi connectivity index (χ1) is 8.27. The SMILES string of the molecule is COc1cc2c(C)c(C(C)(C)N)n(C)c2cc1Cl. The Morgan fingerprint density at radius 2 is 1.94 bits per heavy atom. The molecule has 2 aromatic rings. The van der Waals surface area contributed by atoms with E-state index in [1.165, 1.54) is 5.56 Å². The maximum absolute atomic E-state index is 6.25. The van der Waals surface area contributed by atoms with Crippen LogP contribution in [0.25, 0.3) is 10.9 Å². The number of benzene rings is 1. The van der Waals surface area contributed by atoms with Gasteiger partial charge in [-0.3, -0.25) is 0 Å². The molecule has 0 aliphatic heterocycles. The van der Waals surface area contributed by atoms with Crippen LogP contribution < -0.4 is 10.5 Å². The molecule has 18 heavy (non-hydrogen) atoms. The number of nitrogens with zero attached hydrogens (tertiary/aromatic N) is 1. The van der Waals surface area contributed by atoms with Crippen LogP contribution in [0.2, 0.25) is 5.02 Å². The average Bonchev–Trinajstić information content (AvgIpc) is 2.49. The molecular formula is C14H19ClN2O. The van der Waals surface area contributed by atoms with Gasteiger partial charge in [0.25, 0.3) is 0 Å². The summed E-state index contributed by atoms with van der Waals surface area (Å²) in [5, 5.41) is 1.75. The van der Waals surface area contributed by atoms with Crippen LogP contribution in [-0.2, 0) is 12.6 Å². The van der Waals surface area contributed by atoms with Gasteiger partial charge in [0.1, 0.15) is 5.75 Å². The molecule has 4 heteroatoms. The standard InChI is InChI=1S/C14H19ClN2O/c1-8-9-6-12(18-5)10(15)7-11(9)17(4)13(8)14(2,3)16/h6-7H,16H2,1-5H3. The molecule has 0 amide bonds. The van der Waals surface area contributed by atoms with Crippen LogP contribution in [0.3, 0.4) is 0 Å². The van der Waals surface area contributed by atoms with Crippen molar-refractivity contribution >= 4 is 22.5 Å². The lowest BCUT2D eigenvalue weighted by Crippen LogP contribution is -2.31. The molecule has 1 heterocycles. The third kappa shape index (κ3) is 1.88. The van der Waals surface area contributed by atoms with Crippen LogP contribution in [0.1, 0.15) is 25.1 Å². The highest BCUT2D eigenvalue weighted by Crippen LogP contribution is 2.36. The second kappa shape index (κ2) is 4.18. The number of rotatable bonds is 2. The number of fused-ring (bicyclic) bond motifs is 1. The Morgan fingerprint density at radius 3 is 2.44 bits per heavy atom. The predicted molar refractivity (Wildman–Crippen MR) is 76.4 cm³/mol. The van der Waals surface area contributed by atoms with Gasteiger partial charge in [-0.2, -0.15) is 0 Å². The summed E-state index contributed by atoms with van der Waals surface area (Å²) in [6.45, 7) is 6.10. The molecule has 0 saturated carbocycles. The first-order valence-corrected chi connectivity index (χ1v) is 6.27. The number of hydrogen-bond acceptors (Lipinski definition) is 2. The molecule has 1 aromatic carbocycles. The normalized spacial score (nSPS) is 12.2. The molecule has 2 rings (SSSR count). The molecule has 1 aromatic heterocycles. The summed E-state index contributed by atoms with van der Waals surface area (Å²) in [5.74, 6) is 0.694. The number of methoxy groups -OCH3 is 1. The Bertz CT molecular complexity index is 609. The number of ether oxygens (including phenoxy) is 1. The van der Waals surface area contributed by atoms with Gasteiger partial charge in [0.2, 0.25) is 0 Å². The van der Waals surface area contributed by atoms with Crippen molar-refractivity contribution in [1.29, 1.82) is 0 Å². The van der Waals surface area contributed by atoms with Crippen LogP contribution in [0.4, 0.5) is 0 Å². The van der Waals surface area contributed by atoms with E-state index in [2.05, 4.69) is 11.5 Å². The number of aromatic nitrogens is 1. The average molecular weight is 267 g/mol. The summed E-state index contributed by atoms with van der Waals surface area (Å²) in [4.78, 5) is 0. The van der Waals surface area contributed by atoms with E-state index >= 15 is 0 Å². The molecule has 0 bridgehead atoms. The van der Waals surface area contributed by atoms with Crippen molar-refractivity contribution in [3.05, 3.63) is 28.4 Å². The molecular weight excluding hydrogens is 248 g/mol. The first kappa shape index (κ1) is 13.2. The summed E-state index contributed by atoms with van der Waals surface area (Å²) in [5.41, 5.74) is 9.22. The quantitative estimate of drug-likeness (QED) is 0.906. The molecule has 0 saturated heterocycles. The smallest absolute Gasteiger partial charge is 0.138 e. The summed E-state index contributed by atoms with van der Waals surface area (Å²) < 4.78 is 7.38. The minimum absolute atomic E-state index is 0.391. The van der Waals surface area contributed by atoms with Crippen molar-refractivity contribution in [2.75, 3.05) is 7.11 Å². The predicted octanol–water partition coefficient (Wildman–Crippen LogP) is 3.34. The van der Waals surface area contributed by atoms with Crippen LogP contribution in [0, 0.1) is 6.92 Å². The van der Waals surface area contributed by atoms with Crippen LogP contribution in [0.5, 0.6) is 5.75 Å². The largest absolute Gasteiger partial charge is 0.495 e. The van der Waals surface area contributed by atoms with Gasteiger partial charge in [-0.05, 0) is 38.5 Å². The molecule has 0 aliphatic carbocycles. The van der Waals surface area contributed by atoms with E-state index in [9.17, 15) is 0 Å². The molecule has 3 nitrogen and oxygen atoms in total. The fourth-order valence-electron chi connectivity index (χ4n) is 2.69. The topological polar surface area (TPSA) is 40.2 Å². The number of halogens is 1. The highest BCUT2D eigenvalue weighted by molar-refractivity contribution is 6.32. The number of nitrogens with two attached hydrogens (primary N) is 1. The summed E-state index contributed by atoms with van der Waals surface area (Å²) in [7, 11) is 3.64. The van der Waals surface area contributed by atoms with Gasteiger partial charge in [0, 0.05) is 18.1 Å². The fraction of sp³-hybridized carbons (Fsp3) is 0.429. The van der Waals surface area contributed by atoms with E-state index < -0.39 is 5.54 Å². The van der Waals surface area contributed by atoms with E-state index in [1.807, 2.05) is 33.0 Å². The van der Waals surface area contributed by atoms with Crippen LogP contribution in [0.15, 0.2) is 12.1 Å². The summed E-state index contributed by atoms with van der Waals surface area (Å²) >= 11 is 6.18. The van der Waals surface area contributed by atoms with Crippen molar-refractivity contribution in [3.8, 4) is 5.75 Å². The third-order valence-corrected chi connectivity index (χ3v) is 3.63. The zero-order valence-corrected chi connectivity index (χ0v) is 12.2. The highest BCUT2D eigenvalue weighted by Gasteiger charge is 2.24. The van der Waals surface area contributed by atoms with E-state index in [1.54, 1.807) is 7.11 Å². The molecule has 0 unspecified atom stereocenters. The minimum atomic E-state index is -0.391. The zero-order valence-electron chi connectivity index (χ0n) is 11.5. The molecule has 98 valence electrons. The van der Waals surface area contributed by atoms with E-state index in [4.69, 9.17) is 22.1 Å². The summed E-state index contributed by atoms with van der Waals surface area (Å²) in [6.07, 6.45) is 0. The molecule has 0 aliphatic rings. The number of hydrogen-bond donors (Lipinski definition) is 1. The van der Waals surface area contributed by atoms with E-state index in [-0.39, 0.29) is 0 Å². The molecule has 2 N–H and O–H groups in total. The summed E-state index contributed by atoms with van der Waals surface area (Å²) in [6, 6.07) is 3.90. The van der Waals surface area contributed by atoms with Crippen molar-refractivity contribution in [1.82, 2.24) is 4.57 Å².